The number of benzene rings is 1. The van der Waals surface area contributed by atoms with Crippen molar-refractivity contribution in [1.82, 2.24) is 5.32 Å². The molecule has 0 aliphatic heterocycles. The summed E-state index contributed by atoms with van der Waals surface area (Å²) in [6, 6.07) is 7.85. The van der Waals surface area contributed by atoms with E-state index in [1.807, 2.05) is 45.0 Å². The Morgan fingerprint density at radius 3 is 2.69 bits per heavy atom. The molecular weight excluding hydrogens is 202 g/mol. The molecule has 0 saturated heterocycles. The van der Waals surface area contributed by atoms with Crippen molar-refractivity contribution >= 4 is 5.91 Å². The number of hydrogen-bond donors (Lipinski definition) is 1. The van der Waals surface area contributed by atoms with Crippen LogP contribution >= 0.6 is 0 Å². The lowest BCUT2D eigenvalue weighted by molar-refractivity contribution is -0.124. The molecule has 0 aliphatic rings. The van der Waals surface area contributed by atoms with Gasteiger partial charge < -0.3 is 10.1 Å². The van der Waals surface area contributed by atoms with Gasteiger partial charge in [0.05, 0.1) is 6.54 Å². The van der Waals surface area contributed by atoms with E-state index in [1.165, 1.54) is 0 Å². The van der Waals surface area contributed by atoms with Gasteiger partial charge in [0.1, 0.15) is 12.4 Å². The lowest BCUT2D eigenvalue weighted by Crippen LogP contribution is -2.31. The van der Waals surface area contributed by atoms with Crippen LogP contribution in [-0.2, 0) is 4.79 Å². The fourth-order valence-electron chi connectivity index (χ4n) is 1.26. The predicted octanol–water partition coefficient (Wildman–Crippen LogP) is 2.15. The number of amides is 1. The molecule has 0 radical (unpaired) electrons. The number of nitrogens with one attached hydrogen (secondary N) is 1. The lowest BCUT2D eigenvalue weighted by Gasteiger charge is -2.10. The number of carbonyl (C=O) groups excluding carboxylic acids is 1. The van der Waals surface area contributed by atoms with E-state index in [0.717, 1.165) is 11.3 Å². The fourth-order valence-corrected chi connectivity index (χ4v) is 1.26. The smallest absolute Gasteiger partial charge is 0.222 e. The molecule has 1 rings (SSSR count). The highest BCUT2D eigenvalue weighted by molar-refractivity contribution is 5.77. The van der Waals surface area contributed by atoms with Crippen LogP contribution in [0.5, 0.6) is 5.75 Å². The summed E-state index contributed by atoms with van der Waals surface area (Å²) < 4.78 is 5.55. The van der Waals surface area contributed by atoms with Crippen LogP contribution in [0.3, 0.4) is 0 Å². The molecule has 88 valence electrons. The summed E-state index contributed by atoms with van der Waals surface area (Å²) >= 11 is 0. The number of ether oxygens (including phenoxy) is 1. The first-order chi connectivity index (χ1) is 7.61. The maximum atomic E-state index is 11.3. The van der Waals surface area contributed by atoms with Crippen molar-refractivity contribution in [2.24, 2.45) is 5.92 Å². The Morgan fingerprint density at radius 1 is 1.38 bits per heavy atom. The van der Waals surface area contributed by atoms with Gasteiger partial charge in [-0.25, -0.2) is 0 Å². The van der Waals surface area contributed by atoms with Gasteiger partial charge in [-0.15, -0.1) is 0 Å². The van der Waals surface area contributed by atoms with E-state index < -0.39 is 0 Å². The van der Waals surface area contributed by atoms with Gasteiger partial charge >= 0.3 is 0 Å². The maximum Gasteiger partial charge on any atom is 0.222 e. The number of rotatable bonds is 5. The van der Waals surface area contributed by atoms with Gasteiger partial charge in [0.15, 0.2) is 0 Å². The first-order valence-electron chi connectivity index (χ1n) is 5.57. The van der Waals surface area contributed by atoms with Crippen LogP contribution in [0.4, 0.5) is 0 Å². The van der Waals surface area contributed by atoms with E-state index in [-0.39, 0.29) is 11.8 Å². The number of para-hydroxylation sites is 1. The highest BCUT2D eigenvalue weighted by atomic mass is 16.5. The summed E-state index contributed by atoms with van der Waals surface area (Å²) in [7, 11) is 0. The maximum absolute atomic E-state index is 11.3. The summed E-state index contributed by atoms with van der Waals surface area (Å²) in [5.74, 6) is 0.966. The highest BCUT2D eigenvalue weighted by Crippen LogP contribution is 2.15. The van der Waals surface area contributed by atoms with Gasteiger partial charge in [-0.3, -0.25) is 4.79 Å². The zero-order valence-electron chi connectivity index (χ0n) is 10.1. The van der Waals surface area contributed by atoms with E-state index in [1.54, 1.807) is 0 Å². The molecule has 1 aromatic rings. The largest absolute Gasteiger partial charge is 0.491 e. The number of aryl methyl sites for hydroxylation is 1. The Bertz CT molecular complexity index is 348. The third-order valence-corrected chi connectivity index (χ3v) is 2.28. The Hall–Kier alpha value is -1.51. The molecular formula is C13H19NO2. The summed E-state index contributed by atoms with van der Waals surface area (Å²) in [6.07, 6.45) is 0. The second kappa shape index (κ2) is 6.16. The molecule has 16 heavy (non-hydrogen) atoms. The van der Waals surface area contributed by atoms with Crippen LogP contribution in [0.1, 0.15) is 19.4 Å². The summed E-state index contributed by atoms with van der Waals surface area (Å²) in [5.41, 5.74) is 1.11. The van der Waals surface area contributed by atoms with Gasteiger partial charge in [0, 0.05) is 5.92 Å². The molecule has 3 heteroatoms. The van der Waals surface area contributed by atoms with Gasteiger partial charge in [0.25, 0.3) is 0 Å². The van der Waals surface area contributed by atoms with Gasteiger partial charge in [-0.2, -0.15) is 0 Å². The van der Waals surface area contributed by atoms with E-state index in [0.29, 0.717) is 13.2 Å². The van der Waals surface area contributed by atoms with Crippen LogP contribution in [-0.4, -0.2) is 19.1 Å². The number of carbonyl (C=O) groups is 1. The third-order valence-electron chi connectivity index (χ3n) is 2.28. The SMILES string of the molecule is Cc1ccccc1OCCNC(=O)C(C)C. The quantitative estimate of drug-likeness (QED) is 0.774. The van der Waals surface area contributed by atoms with E-state index in [9.17, 15) is 4.79 Å². The molecule has 1 amide bonds. The molecule has 0 aliphatic carbocycles. The van der Waals surface area contributed by atoms with Crippen molar-refractivity contribution in [3.05, 3.63) is 29.8 Å². The van der Waals surface area contributed by atoms with Crippen molar-refractivity contribution < 1.29 is 9.53 Å². The molecule has 3 nitrogen and oxygen atoms in total. The molecule has 1 N–H and O–H groups in total. The average Bonchev–Trinajstić information content (AvgIpc) is 2.26. The zero-order valence-corrected chi connectivity index (χ0v) is 10.1. The Labute approximate surface area is 96.8 Å². The minimum Gasteiger partial charge on any atom is -0.491 e. The monoisotopic (exact) mass is 221 g/mol. The molecule has 0 aromatic heterocycles. The molecule has 0 fully saturated rings. The standard InChI is InChI=1S/C13H19NO2/c1-10(2)13(15)14-8-9-16-12-7-5-4-6-11(12)3/h4-7,10H,8-9H2,1-3H3,(H,14,15). The molecule has 0 spiro atoms. The normalized spacial score (nSPS) is 10.2. The summed E-state index contributed by atoms with van der Waals surface area (Å²) in [6.45, 7) is 6.80. The second-order valence-corrected chi connectivity index (χ2v) is 4.06. The topological polar surface area (TPSA) is 38.3 Å². The van der Waals surface area contributed by atoms with Crippen LogP contribution in [0.25, 0.3) is 0 Å². The predicted molar refractivity (Wildman–Crippen MR) is 64.5 cm³/mol. The second-order valence-electron chi connectivity index (χ2n) is 4.06. The molecule has 0 heterocycles. The van der Waals surface area contributed by atoms with Crippen molar-refractivity contribution in [1.29, 1.82) is 0 Å². The van der Waals surface area contributed by atoms with Crippen molar-refractivity contribution in [3.63, 3.8) is 0 Å². The third kappa shape index (κ3) is 3.93. The Morgan fingerprint density at radius 2 is 2.06 bits per heavy atom. The summed E-state index contributed by atoms with van der Waals surface area (Å²) in [5, 5.41) is 2.81. The zero-order chi connectivity index (χ0) is 12.0. The highest BCUT2D eigenvalue weighted by Gasteiger charge is 2.05. The van der Waals surface area contributed by atoms with Gasteiger partial charge in [-0.1, -0.05) is 32.0 Å². The minimum absolute atomic E-state index is 0.0264. The lowest BCUT2D eigenvalue weighted by atomic mass is 10.2. The van der Waals surface area contributed by atoms with Gasteiger partial charge in [-0.05, 0) is 18.6 Å². The molecule has 0 atom stereocenters. The van der Waals surface area contributed by atoms with Crippen LogP contribution in [0.2, 0.25) is 0 Å². The first kappa shape index (κ1) is 12.6. The van der Waals surface area contributed by atoms with E-state index in [4.69, 9.17) is 4.74 Å². The summed E-state index contributed by atoms with van der Waals surface area (Å²) in [4.78, 5) is 11.3. The van der Waals surface area contributed by atoms with Crippen LogP contribution in [0.15, 0.2) is 24.3 Å². The number of hydrogen-bond acceptors (Lipinski definition) is 2. The van der Waals surface area contributed by atoms with E-state index >= 15 is 0 Å². The Kier molecular flexibility index (Phi) is 4.83. The minimum atomic E-state index is 0.0264. The van der Waals surface area contributed by atoms with Crippen LogP contribution in [0, 0.1) is 12.8 Å². The van der Waals surface area contributed by atoms with Crippen molar-refractivity contribution in [3.8, 4) is 5.75 Å². The fraction of sp³-hybridized carbons (Fsp3) is 0.462. The van der Waals surface area contributed by atoms with Crippen molar-refractivity contribution in [2.45, 2.75) is 20.8 Å². The average molecular weight is 221 g/mol. The first-order valence-corrected chi connectivity index (χ1v) is 5.57. The molecule has 1 aromatic carbocycles. The van der Waals surface area contributed by atoms with Gasteiger partial charge in [0.2, 0.25) is 5.91 Å². The molecule has 0 bridgehead atoms. The van der Waals surface area contributed by atoms with Crippen LogP contribution < -0.4 is 10.1 Å². The Balaban J connectivity index is 2.26. The molecule has 0 saturated carbocycles. The van der Waals surface area contributed by atoms with Crippen molar-refractivity contribution in [2.75, 3.05) is 13.2 Å². The molecule has 0 unspecified atom stereocenters. The van der Waals surface area contributed by atoms with E-state index in [2.05, 4.69) is 5.32 Å².